The molecular weight excluding hydrogens is 178 g/mol. The highest BCUT2D eigenvalue weighted by Gasteiger charge is 2.27. The first-order valence-corrected chi connectivity index (χ1v) is 4.87. The van der Waals surface area contributed by atoms with Crippen molar-refractivity contribution in [2.45, 2.75) is 13.0 Å². The molecule has 2 N–H and O–H groups in total. The molecule has 0 amide bonds. The SMILES string of the molecule is CCOC1CN(c2ccc(N)cn2)C1. The van der Waals surface area contributed by atoms with Crippen molar-refractivity contribution in [2.24, 2.45) is 0 Å². The van der Waals surface area contributed by atoms with E-state index in [1.165, 1.54) is 0 Å². The Hall–Kier alpha value is -1.29. The number of aromatic nitrogens is 1. The van der Waals surface area contributed by atoms with Gasteiger partial charge in [0.05, 0.1) is 18.0 Å². The van der Waals surface area contributed by atoms with Crippen LogP contribution in [-0.2, 0) is 4.74 Å². The number of hydrogen-bond donors (Lipinski definition) is 1. The van der Waals surface area contributed by atoms with Crippen molar-refractivity contribution >= 4 is 11.5 Å². The van der Waals surface area contributed by atoms with Gasteiger partial charge in [0.25, 0.3) is 0 Å². The fraction of sp³-hybridized carbons (Fsp3) is 0.500. The molecule has 1 saturated heterocycles. The first kappa shape index (κ1) is 9.27. The predicted octanol–water partition coefficient (Wildman–Crippen LogP) is 0.889. The lowest BCUT2D eigenvalue weighted by molar-refractivity contribution is 0.0427. The second kappa shape index (κ2) is 3.84. The highest BCUT2D eigenvalue weighted by atomic mass is 16.5. The Morgan fingerprint density at radius 1 is 1.57 bits per heavy atom. The number of rotatable bonds is 3. The van der Waals surface area contributed by atoms with E-state index in [4.69, 9.17) is 10.5 Å². The normalized spacial score (nSPS) is 16.8. The summed E-state index contributed by atoms with van der Waals surface area (Å²) in [6.07, 6.45) is 2.06. The van der Waals surface area contributed by atoms with E-state index >= 15 is 0 Å². The van der Waals surface area contributed by atoms with E-state index in [1.807, 2.05) is 19.1 Å². The smallest absolute Gasteiger partial charge is 0.128 e. The summed E-state index contributed by atoms with van der Waals surface area (Å²) in [6, 6.07) is 3.81. The van der Waals surface area contributed by atoms with Gasteiger partial charge < -0.3 is 15.4 Å². The lowest BCUT2D eigenvalue weighted by Crippen LogP contribution is -2.52. The average molecular weight is 193 g/mol. The topological polar surface area (TPSA) is 51.4 Å². The summed E-state index contributed by atoms with van der Waals surface area (Å²) in [4.78, 5) is 6.42. The van der Waals surface area contributed by atoms with Gasteiger partial charge in [-0.2, -0.15) is 0 Å². The Morgan fingerprint density at radius 2 is 2.36 bits per heavy atom. The summed E-state index contributed by atoms with van der Waals surface area (Å²) >= 11 is 0. The summed E-state index contributed by atoms with van der Waals surface area (Å²) in [5.41, 5.74) is 6.26. The highest BCUT2D eigenvalue weighted by Crippen LogP contribution is 2.20. The van der Waals surface area contributed by atoms with Crippen LogP contribution in [0.25, 0.3) is 0 Å². The predicted molar refractivity (Wildman–Crippen MR) is 56.3 cm³/mol. The molecule has 2 heterocycles. The molecule has 0 spiro atoms. The number of nitrogen functional groups attached to an aromatic ring is 1. The molecule has 1 fully saturated rings. The first-order chi connectivity index (χ1) is 6.79. The number of hydrogen-bond acceptors (Lipinski definition) is 4. The number of anilines is 2. The molecule has 76 valence electrons. The number of ether oxygens (including phenoxy) is 1. The van der Waals surface area contributed by atoms with Gasteiger partial charge in [0.2, 0.25) is 0 Å². The van der Waals surface area contributed by atoms with Crippen LogP contribution in [0.1, 0.15) is 6.92 Å². The van der Waals surface area contributed by atoms with Crippen LogP contribution in [0.4, 0.5) is 11.5 Å². The van der Waals surface area contributed by atoms with Crippen LogP contribution >= 0.6 is 0 Å². The van der Waals surface area contributed by atoms with Crippen LogP contribution in [0.2, 0.25) is 0 Å². The lowest BCUT2D eigenvalue weighted by atomic mass is 10.1. The van der Waals surface area contributed by atoms with Gasteiger partial charge in [-0.3, -0.25) is 0 Å². The monoisotopic (exact) mass is 193 g/mol. The maximum atomic E-state index is 5.56. The van der Waals surface area contributed by atoms with Gasteiger partial charge in [-0.1, -0.05) is 0 Å². The minimum atomic E-state index is 0.374. The molecule has 0 atom stereocenters. The molecule has 1 aromatic rings. The molecule has 2 rings (SSSR count). The van der Waals surface area contributed by atoms with Crippen LogP contribution in [0.5, 0.6) is 0 Å². The van der Waals surface area contributed by atoms with Crippen molar-refractivity contribution in [3.8, 4) is 0 Å². The van der Waals surface area contributed by atoms with Gasteiger partial charge in [-0.25, -0.2) is 4.98 Å². The van der Waals surface area contributed by atoms with Crippen LogP contribution in [0.3, 0.4) is 0 Å². The van der Waals surface area contributed by atoms with Gasteiger partial charge in [0, 0.05) is 19.7 Å². The number of nitrogens with two attached hydrogens (primary N) is 1. The van der Waals surface area contributed by atoms with Crippen LogP contribution < -0.4 is 10.6 Å². The standard InChI is InChI=1S/C10H15N3O/c1-2-14-9-6-13(7-9)10-4-3-8(11)5-12-10/h3-5,9H,2,6-7,11H2,1H3. The van der Waals surface area contributed by atoms with E-state index in [0.717, 1.165) is 25.5 Å². The fourth-order valence-electron chi connectivity index (χ4n) is 1.55. The third-order valence-corrected chi connectivity index (χ3v) is 2.35. The Kier molecular flexibility index (Phi) is 2.54. The first-order valence-electron chi connectivity index (χ1n) is 4.87. The zero-order valence-corrected chi connectivity index (χ0v) is 8.31. The summed E-state index contributed by atoms with van der Waals surface area (Å²) in [7, 11) is 0. The largest absolute Gasteiger partial charge is 0.397 e. The molecule has 4 heteroatoms. The molecule has 0 radical (unpaired) electrons. The maximum absolute atomic E-state index is 5.56. The van der Waals surface area contributed by atoms with Crippen molar-refractivity contribution in [3.05, 3.63) is 18.3 Å². The zero-order valence-electron chi connectivity index (χ0n) is 8.31. The third kappa shape index (κ3) is 1.80. The average Bonchev–Trinajstić information content (AvgIpc) is 2.13. The van der Waals surface area contributed by atoms with Gasteiger partial charge in [0.15, 0.2) is 0 Å². The molecule has 4 nitrogen and oxygen atoms in total. The van der Waals surface area contributed by atoms with Gasteiger partial charge in [0.1, 0.15) is 5.82 Å². The van der Waals surface area contributed by atoms with Crippen molar-refractivity contribution in [1.29, 1.82) is 0 Å². The van der Waals surface area contributed by atoms with E-state index in [-0.39, 0.29) is 0 Å². The Labute approximate surface area is 83.7 Å². The minimum absolute atomic E-state index is 0.374. The van der Waals surface area contributed by atoms with Gasteiger partial charge in [-0.05, 0) is 19.1 Å². The van der Waals surface area contributed by atoms with E-state index in [0.29, 0.717) is 11.8 Å². The van der Waals surface area contributed by atoms with Crippen LogP contribution in [0, 0.1) is 0 Å². The Morgan fingerprint density at radius 3 is 2.93 bits per heavy atom. The van der Waals surface area contributed by atoms with Crippen LogP contribution in [0.15, 0.2) is 18.3 Å². The third-order valence-electron chi connectivity index (χ3n) is 2.35. The van der Waals surface area contributed by atoms with Gasteiger partial charge >= 0.3 is 0 Å². The molecule has 1 aromatic heterocycles. The molecule has 1 aliphatic rings. The zero-order chi connectivity index (χ0) is 9.97. The Balaban J connectivity index is 1.90. The van der Waals surface area contributed by atoms with Gasteiger partial charge in [-0.15, -0.1) is 0 Å². The van der Waals surface area contributed by atoms with Crippen LogP contribution in [-0.4, -0.2) is 30.8 Å². The quantitative estimate of drug-likeness (QED) is 0.774. The molecule has 0 unspecified atom stereocenters. The fourth-order valence-corrected chi connectivity index (χ4v) is 1.55. The number of pyridine rings is 1. The summed E-state index contributed by atoms with van der Waals surface area (Å²) in [5.74, 6) is 0.982. The minimum Gasteiger partial charge on any atom is -0.397 e. The summed E-state index contributed by atoms with van der Waals surface area (Å²) < 4.78 is 5.46. The summed E-state index contributed by atoms with van der Waals surface area (Å²) in [6.45, 7) is 4.67. The van der Waals surface area contributed by atoms with E-state index in [2.05, 4.69) is 9.88 Å². The molecule has 0 saturated carbocycles. The Bertz CT molecular complexity index is 293. The lowest BCUT2D eigenvalue weighted by Gasteiger charge is -2.39. The van der Waals surface area contributed by atoms with E-state index in [9.17, 15) is 0 Å². The van der Waals surface area contributed by atoms with Crippen molar-refractivity contribution in [1.82, 2.24) is 4.98 Å². The second-order valence-electron chi connectivity index (χ2n) is 3.43. The van der Waals surface area contributed by atoms with Crippen molar-refractivity contribution in [2.75, 3.05) is 30.3 Å². The number of nitrogens with zero attached hydrogens (tertiary/aromatic N) is 2. The maximum Gasteiger partial charge on any atom is 0.128 e. The molecule has 1 aliphatic heterocycles. The molecule has 0 aromatic carbocycles. The second-order valence-corrected chi connectivity index (χ2v) is 3.43. The molecule has 14 heavy (non-hydrogen) atoms. The molecular formula is C10H15N3O. The molecule has 0 bridgehead atoms. The summed E-state index contributed by atoms with van der Waals surface area (Å²) in [5, 5.41) is 0. The highest BCUT2D eigenvalue weighted by molar-refractivity contribution is 5.47. The van der Waals surface area contributed by atoms with Crippen molar-refractivity contribution in [3.63, 3.8) is 0 Å². The molecule has 0 aliphatic carbocycles. The van der Waals surface area contributed by atoms with E-state index in [1.54, 1.807) is 6.20 Å². The van der Waals surface area contributed by atoms with E-state index < -0.39 is 0 Å². The van der Waals surface area contributed by atoms with Crippen molar-refractivity contribution < 1.29 is 4.74 Å².